The summed E-state index contributed by atoms with van der Waals surface area (Å²) in [4.78, 5) is 17.2. The van der Waals surface area contributed by atoms with Crippen LogP contribution in [0.4, 0.5) is 0 Å². The van der Waals surface area contributed by atoms with E-state index in [0.717, 1.165) is 0 Å². The van der Waals surface area contributed by atoms with Gasteiger partial charge in [-0.3, -0.25) is 4.57 Å². The van der Waals surface area contributed by atoms with Crippen molar-refractivity contribution >= 4 is 7.60 Å². The van der Waals surface area contributed by atoms with Crippen LogP contribution in [0.5, 0.6) is 0 Å². The van der Waals surface area contributed by atoms with E-state index < -0.39 is 44.5 Å². The Morgan fingerprint density at radius 2 is 1.56 bits per heavy atom. The lowest BCUT2D eigenvalue weighted by Crippen LogP contribution is -2.57. The number of hydrogen-bond donors (Lipinski definition) is 6. The summed E-state index contributed by atoms with van der Waals surface area (Å²) in [6.07, 6.45) is -8.31. The van der Waals surface area contributed by atoms with Gasteiger partial charge in [-0.1, -0.05) is 0 Å². The fourth-order valence-electron chi connectivity index (χ4n) is 1.46. The molecular formula is C7H15O8P. The number of rotatable bonds is 3. The zero-order valence-electron chi connectivity index (χ0n) is 8.25. The van der Waals surface area contributed by atoms with Gasteiger partial charge in [0, 0.05) is 0 Å². The van der Waals surface area contributed by atoms with Gasteiger partial charge < -0.3 is 34.9 Å². The molecule has 16 heavy (non-hydrogen) atoms. The molecule has 1 rings (SSSR count). The van der Waals surface area contributed by atoms with Gasteiger partial charge in [0.25, 0.3) is 0 Å². The first kappa shape index (κ1) is 14.0. The summed E-state index contributed by atoms with van der Waals surface area (Å²) in [5.74, 6) is 0. The Labute approximate surface area is 91.3 Å². The van der Waals surface area contributed by atoms with Crippen LogP contribution in [0, 0.1) is 0 Å². The van der Waals surface area contributed by atoms with Crippen LogP contribution in [0.2, 0.25) is 0 Å². The Hall–Kier alpha value is -0.0500. The molecule has 1 aliphatic heterocycles. The van der Waals surface area contributed by atoms with Crippen molar-refractivity contribution in [1.82, 2.24) is 0 Å². The highest BCUT2D eigenvalue weighted by atomic mass is 31.2. The van der Waals surface area contributed by atoms with E-state index in [1.165, 1.54) is 0 Å². The smallest absolute Gasteiger partial charge is 0.325 e. The van der Waals surface area contributed by atoms with Crippen LogP contribution in [-0.4, -0.2) is 67.1 Å². The lowest BCUT2D eigenvalue weighted by atomic mass is 9.97. The Kier molecular flexibility index (Phi) is 4.44. The van der Waals surface area contributed by atoms with Crippen LogP contribution in [0.1, 0.15) is 6.42 Å². The number of hydrogen-bond acceptors (Lipinski definition) is 6. The highest BCUT2D eigenvalue weighted by molar-refractivity contribution is 7.51. The minimum Gasteiger partial charge on any atom is -0.388 e. The van der Waals surface area contributed by atoms with Crippen LogP contribution in [0.3, 0.4) is 0 Å². The molecule has 0 spiro atoms. The third-order valence-corrected chi connectivity index (χ3v) is 3.23. The molecule has 3 unspecified atom stereocenters. The molecule has 96 valence electrons. The summed E-state index contributed by atoms with van der Waals surface area (Å²) in [5.41, 5.74) is 0. The molecule has 1 fully saturated rings. The average Bonchev–Trinajstić information content (AvgIpc) is 2.17. The molecule has 0 bridgehead atoms. The van der Waals surface area contributed by atoms with Gasteiger partial charge >= 0.3 is 7.60 Å². The fraction of sp³-hybridized carbons (Fsp3) is 1.00. The summed E-state index contributed by atoms with van der Waals surface area (Å²) >= 11 is 0. The van der Waals surface area contributed by atoms with Crippen molar-refractivity contribution in [3.63, 3.8) is 0 Å². The lowest BCUT2D eigenvalue weighted by molar-refractivity contribution is -0.281. The van der Waals surface area contributed by atoms with E-state index >= 15 is 0 Å². The summed E-state index contributed by atoms with van der Waals surface area (Å²) in [7, 11) is -4.23. The molecule has 8 nitrogen and oxygen atoms in total. The van der Waals surface area contributed by atoms with E-state index in [4.69, 9.17) is 24.7 Å². The van der Waals surface area contributed by atoms with E-state index in [1.807, 2.05) is 0 Å². The first-order chi connectivity index (χ1) is 7.22. The lowest BCUT2D eigenvalue weighted by Gasteiger charge is -2.38. The summed E-state index contributed by atoms with van der Waals surface area (Å²) in [6, 6.07) is 0. The fourth-order valence-corrected chi connectivity index (χ4v) is 2.06. The monoisotopic (exact) mass is 258 g/mol. The second-order valence-corrected chi connectivity index (χ2v) is 5.49. The Morgan fingerprint density at radius 3 is 2.06 bits per heavy atom. The van der Waals surface area contributed by atoms with Crippen molar-refractivity contribution in [3.8, 4) is 0 Å². The maximum atomic E-state index is 10.6. The van der Waals surface area contributed by atoms with E-state index in [0.29, 0.717) is 0 Å². The van der Waals surface area contributed by atoms with Crippen LogP contribution in [-0.2, 0) is 9.30 Å². The summed E-state index contributed by atoms with van der Waals surface area (Å²) < 4.78 is 15.3. The van der Waals surface area contributed by atoms with Crippen LogP contribution in [0.25, 0.3) is 0 Å². The molecule has 0 aromatic rings. The summed E-state index contributed by atoms with van der Waals surface area (Å²) in [5, 5.41) is 37.0. The van der Waals surface area contributed by atoms with Gasteiger partial charge in [-0.05, 0) is 6.42 Å². The SMILES string of the molecule is O=P(O)(O)CCC1OC(O)C(O)[C@H](O)[C@@H]1O. The van der Waals surface area contributed by atoms with Crippen molar-refractivity contribution in [2.24, 2.45) is 0 Å². The minimum atomic E-state index is -4.23. The van der Waals surface area contributed by atoms with E-state index in [9.17, 15) is 14.8 Å². The van der Waals surface area contributed by atoms with Gasteiger partial charge in [0.15, 0.2) is 6.29 Å². The molecule has 5 atom stereocenters. The van der Waals surface area contributed by atoms with Crippen LogP contribution >= 0.6 is 7.60 Å². The molecule has 9 heteroatoms. The van der Waals surface area contributed by atoms with Gasteiger partial charge in [-0.25, -0.2) is 0 Å². The van der Waals surface area contributed by atoms with Gasteiger partial charge in [0.1, 0.15) is 18.3 Å². The van der Waals surface area contributed by atoms with Gasteiger partial charge in [-0.15, -0.1) is 0 Å². The van der Waals surface area contributed by atoms with E-state index in [2.05, 4.69) is 0 Å². The molecule has 1 aliphatic rings. The highest BCUT2D eigenvalue weighted by Gasteiger charge is 2.43. The molecule has 0 aliphatic carbocycles. The second kappa shape index (κ2) is 5.07. The molecule has 0 aromatic heterocycles. The predicted molar refractivity (Wildman–Crippen MR) is 50.4 cm³/mol. The Balaban J connectivity index is 2.57. The molecule has 0 aromatic carbocycles. The van der Waals surface area contributed by atoms with Crippen molar-refractivity contribution in [2.75, 3.05) is 6.16 Å². The molecule has 1 heterocycles. The topological polar surface area (TPSA) is 148 Å². The third-order valence-electron chi connectivity index (χ3n) is 2.39. The predicted octanol–water partition coefficient (Wildman–Crippen LogP) is -2.65. The maximum absolute atomic E-state index is 10.6. The number of aliphatic hydroxyl groups excluding tert-OH is 4. The largest absolute Gasteiger partial charge is 0.388 e. The molecule has 0 amide bonds. The zero-order chi connectivity index (χ0) is 12.5. The standard InChI is InChI=1S/C7H15O8P/c8-4-3(1-2-16(12,13)14)15-7(11)6(10)5(4)9/h3-11H,1-2H2,(H2,12,13,14)/t3?,4-,5-,6?,7?/m1/s1. The van der Waals surface area contributed by atoms with Gasteiger partial charge in [0.2, 0.25) is 0 Å². The first-order valence-electron chi connectivity index (χ1n) is 4.64. The van der Waals surface area contributed by atoms with Crippen LogP contribution in [0.15, 0.2) is 0 Å². The van der Waals surface area contributed by atoms with Crippen molar-refractivity contribution in [1.29, 1.82) is 0 Å². The molecule has 6 N–H and O–H groups in total. The van der Waals surface area contributed by atoms with Crippen LogP contribution < -0.4 is 0 Å². The Bertz CT molecular complexity index is 278. The average molecular weight is 258 g/mol. The van der Waals surface area contributed by atoms with Gasteiger partial charge in [0.05, 0.1) is 12.3 Å². The van der Waals surface area contributed by atoms with E-state index in [-0.39, 0.29) is 6.42 Å². The molecule has 1 saturated heterocycles. The molecular weight excluding hydrogens is 243 g/mol. The highest BCUT2D eigenvalue weighted by Crippen LogP contribution is 2.36. The number of ether oxygens (including phenoxy) is 1. The van der Waals surface area contributed by atoms with Crippen molar-refractivity contribution in [3.05, 3.63) is 0 Å². The number of aliphatic hydroxyl groups is 4. The van der Waals surface area contributed by atoms with Crippen molar-refractivity contribution in [2.45, 2.75) is 37.1 Å². The first-order valence-corrected chi connectivity index (χ1v) is 6.44. The normalized spacial score (nSPS) is 41.0. The quantitative estimate of drug-likeness (QED) is 0.301. The minimum absolute atomic E-state index is 0.230. The maximum Gasteiger partial charge on any atom is 0.325 e. The third kappa shape index (κ3) is 3.47. The zero-order valence-corrected chi connectivity index (χ0v) is 9.14. The van der Waals surface area contributed by atoms with Crippen molar-refractivity contribution < 1.29 is 39.5 Å². The van der Waals surface area contributed by atoms with E-state index in [1.54, 1.807) is 0 Å². The molecule has 0 radical (unpaired) electrons. The molecule has 0 saturated carbocycles. The second-order valence-electron chi connectivity index (χ2n) is 3.71. The Morgan fingerprint density at radius 1 is 1.00 bits per heavy atom. The van der Waals surface area contributed by atoms with Gasteiger partial charge in [-0.2, -0.15) is 0 Å². The summed E-state index contributed by atoms with van der Waals surface area (Å²) in [6.45, 7) is 0.